The van der Waals surface area contributed by atoms with Crippen molar-refractivity contribution in [3.8, 4) is 5.75 Å². The molecular formula is C22H27FN2O2. The zero-order valence-electron chi connectivity index (χ0n) is 16.0. The van der Waals surface area contributed by atoms with Crippen molar-refractivity contribution in [3.05, 3.63) is 65.5 Å². The third-order valence-corrected chi connectivity index (χ3v) is 4.52. The quantitative estimate of drug-likeness (QED) is 0.729. The normalized spacial score (nSPS) is 13.5. The molecule has 5 heteroatoms. The SMILES string of the molecule is CC(C)COc1ccccc1CNC(=O)N(Cc1ccccc1F)C1CC1. The van der Waals surface area contributed by atoms with Crippen LogP contribution in [0.5, 0.6) is 5.75 Å². The Morgan fingerprint density at radius 2 is 1.81 bits per heavy atom. The van der Waals surface area contributed by atoms with E-state index < -0.39 is 0 Å². The summed E-state index contributed by atoms with van der Waals surface area (Å²) in [6.07, 6.45) is 1.94. The van der Waals surface area contributed by atoms with Crippen LogP contribution < -0.4 is 10.1 Å². The van der Waals surface area contributed by atoms with Crippen LogP contribution in [0.4, 0.5) is 9.18 Å². The Balaban J connectivity index is 1.63. The average molecular weight is 370 g/mol. The second-order valence-electron chi connectivity index (χ2n) is 7.42. The molecule has 0 aromatic heterocycles. The summed E-state index contributed by atoms with van der Waals surface area (Å²) in [6, 6.07) is 14.4. The van der Waals surface area contributed by atoms with Crippen LogP contribution in [0.2, 0.25) is 0 Å². The van der Waals surface area contributed by atoms with Crippen LogP contribution in [0.15, 0.2) is 48.5 Å². The van der Waals surface area contributed by atoms with Crippen molar-refractivity contribution in [3.63, 3.8) is 0 Å². The van der Waals surface area contributed by atoms with Crippen molar-refractivity contribution in [2.75, 3.05) is 6.61 Å². The topological polar surface area (TPSA) is 41.6 Å². The second-order valence-corrected chi connectivity index (χ2v) is 7.42. The number of rotatable bonds is 8. The van der Waals surface area contributed by atoms with Gasteiger partial charge in [-0.3, -0.25) is 0 Å². The Kier molecular flexibility index (Phi) is 6.32. The second kappa shape index (κ2) is 8.89. The number of amides is 2. The number of carbonyl (C=O) groups is 1. The first kappa shape index (κ1) is 19.2. The van der Waals surface area contributed by atoms with Gasteiger partial charge in [-0.15, -0.1) is 0 Å². The summed E-state index contributed by atoms with van der Waals surface area (Å²) in [5, 5.41) is 2.97. The Hall–Kier alpha value is -2.56. The maximum absolute atomic E-state index is 14.0. The number of carbonyl (C=O) groups excluding carboxylic acids is 1. The minimum Gasteiger partial charge on any atom is -0.493 e. The van der Waals surface area contributed by atoms with E-state index in [-0.39, 0.29) is 24.4 Å². The zero-order chi connectivity index (χ0) is 19.2. The summed E-state index contributed by atoms with van der Waals surface area (Å²) in [5.41, 5.74) is 1.48. The van der Waals surface area contributed by atoms with Gasteiger partial charge < -0.3 is 15.0 Å². The molecule has 1 N–H and O–H groups in total. The number of nitrogens with one attached hydrogen (secondary N) is 1. The van der Waals surface area contributed by atoms with Crippen LogP contribution in [-0.4, -0.2) is 23.6 Å². The van der Waals surface area contributed by atoms with Crippen molar-refractivity contribution in [1.82, 2.24) is 10.2 Å². The Morgan fingerprint density at radius 3 is 2.48 bits per heavy atom. The van der Waals surface area contributed by atoms with Crippen molar-refractivity contribution in [2.45, 2.75) is 45.8 Å². The number of urea groups is 1. The van der Waals surface area contributed by atoms with Gasteiger partial charge in [0.15, 0.2) is 0 Å². The lowest BCUT2D eigenvalue weighted by atomic mass is 10.2. The van der Waals surface area contributed by atoms with Gasteiger partial charge in [0.25, 0.3) is 0 Å². The van der Waals surface area contributed by atoms with E-state index in [9.17, 15) is 9.18 Å². The highest BCUT2D eigenvalue weighted by atomic mass is 19.1. The molecule has 1 fully saturated rings. The minimum absolute atomic E-state index is 0.167. The predicted molar refractivity (Wildman–Crippen MR) is 104 cm³/mol. The third kappa shape index (κ3) is 5.46. The van der Waals surface area contributed by atoms with Gasteiger partial charge in [0.05, 0.1) is 13.2 Å². The molecule has 144 valence electrons. The van der Waals surface area contributed by atoms with Crippen LogP contribution in [0.25, 0.3) is 0 Å². The highest BCUT2D eigenvalue weighted by Crippen LogP contribution is 2.29. The lowest BCUT2D eigenvalue weighted by Gasteiger charge is -2.23. The van der Waals surface area contributed by atoms with Gasteiger partial charge >= 0.3 is 6.03 Å². The van der Waals surface area contributed by atoms with E-state index >= 15 is 0 Å². The number of hydrogen-bond acceptors (Lipinski definition) is 2. The van der Waals surface area contributed by atoms with Gasteiger partial charge in [-0.1, -0.05) is 50.2 Å². The average Bonchev–Trinajstić information content (AvgIpc) is 3.49. The molecule has 1 aliphatic rings. The largest absolute Gasteiger partial charge is 0.493 e. The summed E-state index contributed by atoms with van der Waals surface area (Å²) < 4.78 is 19.8. The first-order chi connectivity index (χ1) is 13.0. The maximum Gasteiger partial charge on any atom is 0.318 e. The smallest absolute Gasteiger partial charge is 0.318 e. The molecule has 0 unspecified atom stereocenters. The number of ether oxygens (including phenoxy) is 1. The summed E-state index contributed by atoms with van der Waals surface area (Å²) in [7, 11) is 0. The Morgan fingerprint density at radius 1 is 1.15 bits per heavy atom. The molecule has 0 atom stereocenters. The van der Waals surface area contributed by atoms with E-state index in [4.69, 9.17) is 4.74 Å². The molecule has 0 radical (unpaired) electrons. The van der Waals surface area contributed by atoms with E-state index in [1.807, 2.05) is 24.3 Å². The van der Waals surface area contributed by atoms with Crippen molar-refractivity contribution in [2.24, 2.45) is 5.92 Å². The third-order valence-electron chi connectivity index (χ3n) is 4.52. The van der Waals surface area contributed by atoms with Crippen molar-refractivity contribution >= 4 is 6.03 Å². The number of para-hydroxylation sites is 1. The molecule has 0 heterocycles. The summed E-state index contributed by atoms with van der Waals surface area (Å²) in [5.74, 6) is 0.945. The molecule has 4 nitrogen and oxygen atoms in total. The fourth-order valence-electron chi connectivity index (χ4n) is 2.88. The summed E-state index contributed by atoms with van der Waals surface area (Å²) in [6.45, 7) is 5.50. The van der Waals surface area contributed by atoms with E-state index in [1.165, 1.54) is 6.07 Å². The monoisotopic (exact) mass is 370 g/mol. The van der Waals surface area contributed by atoms with E-state index in [0.29, 0.717) is 24.6 Å². The minimum atomic E-state index is -0.275. The van der Waals surface area contributed by atoms with Crippen LogP contribution in [0.3, 0.4) is 0 Å². The fourth-order valence-corrected chi connectivity index (χ4v) is 2.88. The summed E-state index contributed by atoms with van der Waals surface area (Å²) in [4.78, 5) is 14.5. The molecule has 27 heavy (non-hydrogen) atoms. The van der Waals surface area contributed by atoms with Gasteiger partial charge in [0.1, 0.15) is 11.6 Å². The predicted octanol–water partition coefficient (Wildman–Crippen LogP) is 4.73. The number of benzene rings is 2. The maximum atomic E-state index is 14.0. The molecule has 2 aromatic carbocycles. The van der Waals surface area contributed by atoms with Crippen molar-refractivity contribution < 1.29 is 13.9 Å². The first-order valence-electron chi connectivity index (χ1n) is 9.53. The van der Waals surface area contributed by atoms with Crippen LogP contribution in [-0.2, 0) is 13.1 Å². The van der Waals surface area contributed by atoms with E-state index in [2.05, 4.69) is 19.2 Å². The van der Waals surface area contributed by atoms with Gasteiger partial charge in [0, 0.05) is 23.7 Å². The lowest BCUT2D eigenvalue weighted by Crippen LogP contribution is -2.40. The molecule has 0 spiro atoms. The van der Waals surface area contributed by atoms with Gasteiger partial charge in [-0.2, -0.15) is 0 Å². The summed E-state index contributed by atoms with van der Waals surface area (Å²) >= 11 is 0. The number of halogens is 1. The van der Waals surface area contributed by atoms with Gasteiger partial charge in [-0.05, 0) is 30.9 Å². The standard InChI is InChI=1S/C22H27FN2O2/c1-16(2)15-27-21-10-6-4-7-17(21)13-24-22(26)25(19-11-12-19)14-18-8-3-5-9-20(18)23/h3-10,16,19H,11-15H2,1-2H3,(H,24,26). The molecule has 2 amide bonds. The Bertz CT molecular complexity index is 774. The molecule has 0 bridgehead atoms. The number of nitrogens with zero attached hydrogens (tertiary/aromatic N) is 1. The molecule has 0 aliphatic heterocycles. The highest BCUT2D eigenvalue weighted by Gasteiger charge is 2.33. The van der Waals surface area contributed by atoms with E-state index in [1.54, 1.807) is 23.1 Å². The van der Waals surface area contributed by atoms with Gasteiger partial charge in [-0.25, -0.2) is 9.18 Å². The molecule has 1 saturated carbocycles. The van der Waals surface area contributed by atoms with Gasteiger partial charge in [0.2, 0.25) is 0 Å². The number of hydrogen-bond donors (Lipinski definition) is 1. The van der Waals surface area contributed by atoms with E-state index in [0.717, 1.165) is 24.2 Å². The molecule has 0 saturated heterocycles. The molecular weight excluding hydrogens is 343 g/mol. The van der Waals surface area contributed by atoms with Crippen LogP contribution in [0.1, 0.15) is 37.8 Å². The highest BCUT2D eigenvalue weighted by molar-refractivity contribution is 5.75. The Labute approximate surface area is 160 Å². The first-order valence-corrected chi connectivity index (χ1v) is 9.53. The van der Waals surface area contributed by atoms with Crippen molar-refractivity contribution in [1.29, 1.82) is 0 Å². The molecule has 1 aliphatic carbocycles. The molecule has 3 rings (SSSR count). The zero-order valence-corrected chi connectivity index (χ0v) is 16.0. The lowest BCUT2D eigenvalue weighted by molar-refractivity contribution is 0.190. The molecule has 2 aromatic rings. The van der Waals surface area contributed by atoms with Crippen LogP contribution in [0, 0.1) is 11.7 Å². The van der Waals surface area contributed by atoms with Crippen LogP contribution >= 0.6 is 0 Å². The fraction of sp³-hybridized carbons (Fsp3) is 0.409.